The van der Waals surface area contributed by atoms with Gasteiger partial charge < -0.3 is 10.4 Å². The molecule has 0 aromatic carbocycles. The predicted octanol–water partition coefficient (Wildman–Crippen LogP) is 3.36. The van der Waals surface area contributed by atoms with Crippen LogP contribution in [0.15, 0.2) is 24.5 Å². The molecule has 6 heteroatoms. The summed E-state index contributed by atoms with van der Waals surface area (Å²) < 4.78 is 0. The number of rotatable bonds is 3. The fraction of sp³-hybridized carbons (Fsp3) is 0.312. The molecule has 0 atom stereocenters. The van der Waals surface area contributed by atoms with E-state index in [-0.39, 0.29) is 11.5 Å². The molecule has 3 rings (SSSR count). The number of carbonyl (C=O) groups excluding carboxylic acids is 1. The lowest BCUT2D eigenvalue weighted by Crippen LogP contribution is -2.13. The molecule has 0 saturated heterocycles. The van der Waals surface area contributed by atoms with Crippen LogP contribution in [0.5, 0.6) is 0 Å². The van der Waals surface area contributed by atoms with Gasteiger partial charge in [0.25, 0.3) is 5.91 Å². The van der Waals surface area contributed by atoms with Crippen LogP contribution in [0, 0.1) is 0 Å². The molecule has 1 aliphatic carbocycles. The molecular formula is C16H16N2O3S. The number of carbonyl (C=O) groups is 2. The van der Waals surface area contributed by atoms with Gasteiger partial charge in [-0.1, -0.05) is 6.42 Å². The van der Waals surface area contributed by atoms with Gasteiger partial charge in [-0.15, -0.1) is 11.3 Å². The Hall–Kier alpha value is -2.21. The lowest BCUT2D eigenvalue weighted by molar-refractivity contribution is 0.0697. The monoisotopic (exact) mass is 316 g/mol. The molecule has 2 N–H and O–H groups in total. The molecule has 1 amide bonds. The first-order chi connectivity index (χ1) is 10.7. The van der Waals surface area contributed by atoms with Crippen molar-refractivity contribution in [1.29, 1.82) is 0 Å². The molecule has 0 radical (unpaired) electrons. The number of aromatic nitrogens is 1. The maximum absolute atomic E-state index is 12.2. The van der Waals surface area contributed by atoms with Crippen LogP contribution in [0.3, 0.4) is 0 Å². The average Bonchev–Trinajstić information content (AvgIpc) is 2.69. The van der Waals surface area contributed by atoms with Gasteiger partial charge in [0, 0.05) is 22.8 Å². The zero-order chi connectivity index (χ0) is 15.5. The second kappa shape index (κ2) is 6.27. The zero-order valence-corrected chi connectivity index (χ0v) is 12.8. The lowest BCUT2D eigenvalue weighted by Gasteiger charge is -2.05. The Morgan fingerprint density at radius 1 is 1.14 bits per heavy atom. The highest BCUT2D eigenvalue weighted by Crippen LogP contribution is 2.37. The molecule has 0 aliphatic heterocycles. The van der Waals surface area contributed by atoms with Crippen molar-refractivity contribution in [3.8, 4) is 0 Å². The number of hydrogen-bond donors (Lipinski definition) is 2. The molecule has 0 fully saturated rings. The number of carboxylic acid groups (broad SMARTS) is 1. The first-order valence-electron chi connectivity index (χ1n) is 7.26. The zero-order valence-electron chi connectivity index (χ0n) is 12.0. The van der Waals surface area contributed by atoms with Gasteiger partial charge in [0.05, 0.1) is 5.56 Å². The van der Waals surface area contributed by atoms with E-state index in [1.54, 1.807) is 12.1 Å². The number of pyridine rings is 1. The molecule has 114 valence electrons. The summed E-state index contributed by atoms with van der Waals surface area (Å²) in [6.45, 7) is 0. The first kappa shape index (κ1) is 14.7. The van der Waals surface area contributed by atoms with E-state index in [1.165, 1.54) is 23.7 Å². The molecule has 2 heterocycles. The standard InChI is InChI=1S/C16H16N2O3S/c19-14(10-6-8-17-9-7-10)18-15-13(16(20)21)11-4-2-1-3-5-12(11)22-15/h6-9H,1-5H2,(H,18,19)(H,20,21). The summed E-state index contributed by atoms with van der Waals surface area (Å²) in [5.74, 6) is -1.27. The summed E-state index contributed by atoms with van der Waals surface area (Å²) in [7, 11) is 0. The molecule has 5 nitrogen and oxygen atoms in total. The van der Waals surface area contributed by atoms with Gasteiger partial charge in [-0.05, 0) is 43.4 Å². The van der Waals surface area contributed by atoms with Gasteiger partial charge in [-0.25, -0.2) is 4.79 Å². The largest absolute Gasteiger partial charge is 0.478 e. The predicted molar refractivity (Wildman–Crippen MR) is 84.7 cm³/mol. The van der Waals surface area contributed by atoms with Gasteiger partial charge in [0.1, 0.15) is 5.00 Å². The van der Waals surface area contributed by atoms with E-state index < -0.39 is 5.97 Å². The van der Waals surface area contributed by atoms with Gasteiger partial charge in [0.15, 0.2) is 0 Å². The number of anilines is 1. The van der Waals surface area contributed by atoms with Crippen LogP contribution in [-0.4, -0.2) is 22.0 Å². The fourth-order valence-corrected chi connectivity index (χ4v) is 4.01. The number of nitrogens with one attached hydrogen (secondary N) is 1. The molecule has 0 unspecified atom stereocenters. The molecule has 0 saturated carbocycles. The summed E-state index contributed by atoms with van der Waals surface area (Å²) in [6.07, 6.45) is 7.95. The minimum atomic E-state index is -0.968. The SMILES string of the molecule is O=C(Nc1sc2c(c1C(=O)O)CCCCC2)c1ccncc1. The number of thiophene rings is 1. The normalized spacial score (nSPS) is 14.0. The number of carboxylic acids is 1. The van der Waals surface area contributed by atoms with Crippen LogP contribution < -0.4 is 5.32 Å². The van der Waals surface area contributed by atoms with Crippen molar-refractivity contribution in [2.75, 3.05) is 5.32 Å². The van der Waals surface area contributed by atoms with Crippen LogP contribution in [0.25, 0.3) is 0 Å². The molecule has 22 heavy (non-hydrogen) atoms. The number of fused-ring (bicyclic) bond motifs is 1. The number of nitrogens with zero attached hydrogens (tertiary/aromatic N) is 1. The van der Waals surface area contributed by atoms with Crippen molar-refractivity contribution in [2.45, 2.75) is 32.1 Å². The number of aryl methyl sites for hydroxylation is 1. The quantitative estimate of drug-likeness (QED) is 0.851. The molecule has 2 aromatic heterocycles. The maximum Gasteiger partial charge on any atom is 0.339 e. The highest BCUT2D eigenvalue weighted by atomic mass is 32.1. The average molecular weight is 316 g/mol. The van der Waals surface area contributed by atoms with Gasteiger partial charge in [-0.2, -0.15) is 0 Å². The van der Waals surface area contributed by atoms with Crippen molar-refractivity contribution in [3.05, 3.63) is 46.1 Å². The second-order valence-electron chi connectivity index (χ2n) is 5.26. The number of hydrogen-bond acceptors (Lipinski definition) is 4. The summed E-state index contributed by atoms with van der Waals surface area (Å²) in [5.41, 5.74) is 1.64. The lowest BCUT2D eigenvalue weighted by atomic mass is 10.1. The summed E-state index contributed by atoms with van der Waals surface area (Å²) >= 11 is 1.40. The summed E-state index contributed by atoms with van der Waals surface area (Å²) in [5, 5.41) is 12.7. The molecule has 2 aromatic rings. The van der Waals surface area contributed by atoms with Gasteiger partial charge in [0.2, 0.25) is 0 Å². The van der Waals surface area contributed by atoms with Crippen molar-refractivity contribution < 1.29 is 14.7 Å². The van der Waals surface area contributed by atoms with Crippen molar-refractivity contribution in [2.24, 2.45) is 0 Å². The Labute approximate surface area is 132 Å². The Balaban J connectivity index is 1.94. The van der Waals surface area contributed by atoms with Crippen LogP contribution in [0.1, 0.15) is 50.4 Å². The third kappa shape index (κ3) is 2.87. The molecule has 0 bridgehead atoms. The van der Waals surface area contributed by atoms with Gasteiger partial charge >= 0.3 is 5.97 Å². The maximum atomic E-state index is 12.2. The minimum Gasteiger partial charge on any atom is -0.478 e. The minimum absolute atomic E-state index is 0.268. The van der Waals surface area contributed by atoms with E-state index in [9.17, 15) is 14.7 Å². The van der Waals surface area contributed by atoms with Crippen molar-refractivity contribution >= 4 is 28.2 Å². The van der Waals surface area contributed by atoms with Crippen LogP contribution >= 0.6 is 11.3 Å². The number of aromatic carboxylic acids is 1. The molecular weight excluding hydrogens is 300 g/mol. The van der Waals surface area contributed by atoms with Crippen LogP contribution in [-0.2, 0) is 12.8 Å². The van der Waals surface area contributed by atoms with E-state index in [4.69, 9.17) is 0 Å². The Kier molecular flexibility index (Phi) is 4.20. The third-order valence-electron chi connectivity index (χ3n) is 3.80. The highest BCUT2D eigenvalue weighted by Gasteiger charge is 2.25. The van der Waals surface area contributed by atoms with E-state index in [0.717, 1.165) is 42.5 Å². The van der Waals surface area contributed by atoms with Crippen LogP contribution in [0.4, 0.5) is 5.00 Å². The summed E-state index contributed by atoms with van der Waals surface area (Å²) in [4.78, 5) is 28.8. The van der Waals surface area contributed by atoms with Crippen molar-refractivity contribution in [1.82, 2.24) is 4.98 Å². The van der Waals surface area contributed by atoms with E-state index in [1.807, 2.05) is 0 Å². The van der Waals surface area contributed by atoms with E-state index in [0.29, 0.717) is 10.6 Å². The second-order valence-corrected chi connectivity index (χ2v) is 6.37. The van der Waals surface area contributed by atoms with E-state index in [2.05, 4.69) is 10.3 Å². The fourth-order valence-electron chi connectivity index (χ4n) is 2.74. The highest BCUT2D eigenvalue weighted by molar-refractivity contribution is 7.17. The number of amides is 1. The Morgan fingerprint density at radius 3 is 2.59 bits per heavy atom. The summed E-state index contributed by atoms with van der Waals surface area (Å²) in [6, 6.07) is 3.21. The molecule has 0 spiro atoms. The van der Waals surface area contributed by atoms with E-state index >= 15 is 0 Å². The molecule has 1 aliphatic rings. The van der Waals surface area contributed by atoms with Crippen molar-refractivity contribution in [3.63, 3.8) is 0 Å². The first-order valence-corrected chi connectivity index (χ1v) is 8.07. The van der Waals surface area contributed by atoms with Crippen LogP contribution in [0.2, 0.25) is 0 Å². The third-order valence-corrected chi connectivity index (χ3v) is 5.01. The Bertz CT molecular complexity index is 710. The Morgan fingerprint density at radius 2 is 1.86 bits per heavy atom. The smallest absolute Gasteiger partial charge is 0.339 e. The topological polar surface area (TPSA) is 79.3 Å². The van der Waals surface area contributed by atoms with Gasteiger partial charge in [-0.3, -0.25) is 9.78 Å².